The van der Waals surface area contributed by atoms with Gasteiger partial charge < -0.3 is 0 Å². The third-order valence-corrected chi connectivity index (χ3v) is 3.01. The van der Waals surface area contributed by atoms with Crippen LogP contribution >= 0.6 is 0 Å². The van der Waals surface area contributed by atoms with Gasteiger partial charge in [0.15, 0.2) is 0 Å². The van der Waals surface area contributed by atoms with E-state index in [9.17, 15) is 0 Å². The summed E-state index contributed by atoms with van der Waals surface area (Å²) in [6.45, 7) is 6.07. The molecule has 1 aliphatic rings. The summed E-state index contributed by atoms with van der Waals surface area (Å²) in [5.74, 6) is 1.16. The van der Waals surface area contributed by atoms with E-state index in [1.165, 1.54) is 24.1 Å². The van der Waals surface area contributed by atoms with E-state index in [1.54, 1.807) is 0 Å². The van der Waals surface area contributed by atoms with Gasteiger partial charge in [-0.3, -0.25) is 4.98 Å². The van der Waals surface area contributed by atoms with Crippen LogP contribution in [-0.4, -0.2) is 4.98 Å². The number of rotatable bonds is 2. The zero-order chi connectivity index (χ0) is 9.26. The number of aromatic nitrogens is 1. The molecule has 1 heterocycles. The maximum absolute atomic E-state index is 4.46. The van der Waals surface area contributed by atoms with E-state index >= 15 is 0 Å². The molecule has 0 saturated heterocycles. The van der Waals surface area contributed by atoms with Gasteiger partial charge >= 0.3 is 0 Å². The molecule has 1 aliphatic carbocycles. The lowest BCUT2D eigenvalue weighted by Crippen LogP contribution is -2.04. The average molecular weight is 173 g/mol. The Balaban J connectivity index is 2.33. The highest BCUT2D eigenvalue weighted by Crippen LogP contribution is 2.36. The highest BCUT2D eigenvalue weighted by Gasteiger charge is 2.26. The van der Waals surface area contributed by atoms with Crippen molar-refractivity contribution in [1.82, 2.24) is 4.98 Å². The topological polar surface area (TPSA) is 12.9 Å². The lowest BCUT2D eigenvalue weighted by molar-refractivity contribution is 0.534. The first-order chi connectivity index (χ1) is 6.33. The smallest absolute Gasteiger partial charge is 0.0472 e. The number of fused-ring (bicyclic) bond motifs is 1. The van der Waals surface area contributed by atoms with Crippen LogP contribution in [0, 0.1) is 5.92 Å². The fourth-order valence-electron chi connectivity index (χ4n) is 2.12. The molecule has 0 N–H and O–H groups in total. The Morgan fingerprint density at radius 2 is 2.54 bits per heavy atom. The van der Waals surface area contributed by atoms with Crippen LogP contribution < -0.4 is 0 Å². The van der Waals surface area contributed by atoms with Crippen molar-refractivity contribution in [1.29, 1.82) is 0 Å². The average Bonchev–Trinajstić information content (AvgIpc) is 2.60. The molecule has 1 nitrogen and oxygen atoms in total. The van der Waals surface area contributed by atoms with Crippen LogP contribution in [0.15, 0.2) is 31.0 Å². The van der Waals surface area contributed by atoms with Gasteiger partial charge in [-0.1, -0.05) is 19.1 Å². The summed E-state index contributed by atoms with van der Waals surface area (Å²) in [6.07, 6.45) is 6.35. The van der Waals surface area contributed by atoms with Gasteiger partial charge in [-0.25, -0.2) is 0 Å². The molecule has 13 heavy (non-hydrogen) atoms. The molecule has 1 aromatic heterocycles. The highest BCUT2D eigenvalue weighted by atomic mass is 14.7. The Hall–Kier alpha value is -1.11. The van der Waals surface area contributed by atoms with E-state index in [-0.39, 0.29) is 0 Å². The Labute approximate surface area is 79.5 Å². The number of hydrogen-bond acceptors (Lipinski definition) is 1. The zero-order valence-electron chi connectivity index (χ0n) is 8.03. The first-order valence-corrected chi connectivity index (χ1v) is 4.89. The maximum Gasteiger partial charge on any atom is 0.0472 e. The summed E-state index contributed by atoms with van der Waals surface area (Å²) in [5, 5.41) is 0. The monoisotopic (exact) mass is 173 g/mol. The second kappa shape index (κ2) is 3.33. The van der Waals surface area contributed by atoms with E-state index in [1.807, 2.05) is 18.3 Å². The normalized spacial score (nSPS) is 22.4. The fraction of sp³-hybridized carbons (Fsp3) is 0.417. The fourth-order valence-corrected chi connectivity index (χ4v) is 2.12. The molecule has 0 fully saturated rings. The summed E-state index contributed by atoms with van der Waals surface area (Å²) in [6, 6.07) is 4.22. The molecule has 1 heteroatoms. The molecular formula is C12H15N. The summed E-state index contributed by atoms with van der Waals surface area (Å²) in [7, 11) is 0. The molecule has 0 spiro atoms. The molecule has 0 amide bonds. The summed E-state index contributed by atoms with van der Waals surface area (Å²) >= 11 is 0. The van der Waals surface area contributed by atoms with E-state index in [4.69, 9.17) is 0 Å². The van der Waals surface area contributed by atoms with Gasteiger partial charge in [0.25, 0.3) is 0 Å². The molecule has 0 aromatic carbocycles. The highest BCUT2D eigenvalue weighted by molar-refractivity contribution is 5.29. The van der Waals surface area contributed by atoms with Crippen molar-refractivity contribution in [2.24, 2.45) is 5.92 Å². The second-order valence-electron chi connectivity index (χ2n) is 3.79. The van der Waals surface area contributed by atoms with E-state index in [2.05, 4.69) is 24.6 Å². The molecule has 0 saturated carbocycles. The molecule has 0 bridgehead atoms. The molecule has 2 atom stereocenters. The lowest BCUT2D eigenvalue weighted by Gasteiger charge is -2.14. The Morgan fingerprint density at radius 3 is 3.31 bits per heavy atom. The molecular weight excluding hydrogens is 158 g/mol. The molecule has 2 unspecified atom stereocenters. The van der Waals surface area contributed by atoms with Gasteiger partial charge in [0.1, 0.15) is 0 Å². The minimum Gasteiger partial charge on any atom is -0.261 e. The Morgan fingerprint density at radius 1 is 1.69 bits per heavy atom. The van der Waals surface area contributed by atoms with Gasteiger partial charge in [-0.05, 0) is 30.4 Å². The molecule has 0 radical (unpaired) electrons. The standard InChI is InChI=1S/C12H15N/c1-3-9(2)11-7-6-10-5-4-8-13-12(10)11/h3-5,8-9,11H,1,6-7H2,2H3. The SMILES string of the molecule is C=CC(C)C1CCc2cccnc21. The Bertz CT molecular complexity index is 317. The lowest BCUT2D eigenvalue weighted by atomic mass is 9.92. The van der Waals surface area contributed by atoms with Crippen LogP contribution in [0.4, 0.5) is 0 Å². The third kappa shape index (κ3) is 1.39. The first kappa shape index (κ1) is 8.49. The zero-order valence-corrected chi connectivity index (χ0v) is 8.03. The number of hydrogen-bond donors (Lipinski definition) is 0. The van der Waals surface area contributed by atoms with Gasteiger partial charge in [0.2, 0.25) is 0 Å². The van der Waals surface area contributed by atoms with Crippen molar-refractivity contribution in [3.05, 3.63) is 42.2 Å². The van der Waals surface area contributed by atoms with Crippen molar-refractivity contribution in [2.45, 2.75) is 25.7 Å². The molecule has 1 aromatic rings. The van der Waals surface area contributed by atoms with Crippen LogP contribution in [-0.2, 0) is 6.42 Å². The van der Waals surface area contributed by atoms with Crippen LogP contribution in [0.5, 0.6) is 0 Å². The number of aryl methyl sites for hydroxylation is 1. The summed E-state index contributed by atoms with van der Waals surface area (Å²) < 4.78 is 0. The number of pyridine rings is 1. The summed E-state index contributed by atoms with van der Waals surface area (Å²) in [5.41, 5.74) is 2.73. The predicted octanol–water partition coefficient (Wildman–Crippen LogP) is 2.93. The van der Waals surface area contributed by atoms with Gasteiger partial charge in [0.05, 0.1) is 0 Å². The van der Waals surface area contributed by atoms with E-state index in [0.717, 1.165) is 0 Å². The van der Waals surface area contributed by atoms with Crippen molar-refractivity contribution in [3.8, 4) is 0 Å². The number of nitrogens with zero attached hydrogens (tertiary/aromatic N) is 1. The van der Waals surface area contributed by atoms with Crippen molar-refractivity contribution in [2.75, 3.05) is 0 Å². The molecule has 2 rings (SSSR count). The van der Waals surface area contributed by atoms with Crippen molar-refractivity contribution >= 4 is 0 Å². The maximum atomic E-state index is 4.46. The summed E-state index contributed by atoms with van der Waals surface area (Å²) in [4.78, 5) is 4.46. The quantitative estimate of drug-likeness (QED) is 0.627. The van der Waals surface area contributed by atoms with Crippen LogP contribution in [0.25, 0.3) is 0 Å². The third-order valence-electron chi connectivity index (χ3n) is 3.01. The minimum atomic E-state index is 0.552. The molecule has 68 valence electrons. The minimum absolute atomic E-state index is 0.552. The number of allylic oxidation sites excluding steroid dienone is 1. The van der Waals surface area contributed by atoms with Crippen molar-refractivity contribution in [3.63, 3.8) is 0 Å². The predicted molar refractivity (Wildman–Crippen MR) is 54.7 cm³/mol. The van der Waals surface area contributed by atoms with Crippen LogP contribution in [0.3, 0.4) is 0 Å². The van der Waals surface area contributed by atoms with Crippen LogP contribution in [0.1, 0.15) is 30.5 Å². The Kier molecular flexibility index (Phi) is 2.17. The molecule has 0 aliphatic heterocycles. The van der Waals surface area contributed by atoms with Crippen molar-refractivity contribution < 1.29 is 0 Å². The van der Waals surface area contributed by atoms with Gasteiger partial charge in [-0.15, -0.1) is 6.58 Å². The van der Waals surface area contributed by atoms with Gasteiger partial charge in [0, 0.05) is 17.8 Å². The largest absolute Gasteiger partial charge is 0.261 e. The van der Waals surface area contributed by atoms with E-state index < -0.39 is 0 Å². The van der Waals surface area contributed by atoms with Crippen LogP contribution in [0.2, 0.25) is 0 Å². The first-order valence-electron chi connectivity index (χ1n) is 4.89. The second-order valence-corrected chi connectivity index (χ2v) is 3.79. The van der Waals surface area contributed by atoms with Gasteiger partial charge in [-0.2, -0.15) is 0 Å². The van der Waals surface area contributed by atoms with E-state index in [0.29, 0.717) is 11.8 Å².